The molecule has 0 saturated carbocycles. The van der Waals surface area contributed by atoms with E-state index in [2.05, 4.69) is 32.4 Å². The molecule has 0 fully saturated rings. The van der Waals surface area contributed by atoms with E-state index in [9.17, 15) is 5.11 Å². The van der Waals surface area contributed by atoms with Gasteiger partial charge in [-0.05, 0) is 36.6 Å². The summed E-state index contributed by atoms with van der Waals surface area (Å²) in [6.07, 6.45) is 4.88. The molecule has 102 valence electrons. The number of benzene rings is 1. The van der Waals surface area contributed by atoms with Crippen molar-refractivity contribution in [1.29, 1.82) is 0 Å². The summed E-state index contributed by atoms with van der Waals surface area (Å²) in [4.78, 5) is 4.34. The van der Waals surface area contributed by atoms with Crippen LogP contribution in [0.15, 0.2) is 35.1 Å². The Bertz CT molecular complexity index is 551. The lowest BCUT2D eigenvalue weighted by Crippen LogP contribution is -2.10. The van der Waals surface area contributed by atoms with Gasteiger partial charge < -0.3 is 9.67 Å². The zero-order chi connectivity index (χ0) is 13.8. The molecule has 0 spiro atoms. The molecule has 1 heterocycles. The summed E-state index contributed by atoms with van der Waals surface area (Å²) in [5, 5.41) is 10.4. The maximum Gasteiger partial charge on any atom is 0.111 e. The molecule has 0 amide bonds. The van der Waals surface area contributed by atoms with E-state index in [1.807, 2.05) is 31.3 Å². The molecule has 0 saturated heterocycles. The molecule has 3 nitrogen and oxygen atoms in total. The lowest BCUT2D eigenvalue weighted by atomic mass is 10.0. The van der Waals surface area contributed by atoms with Crippen molar-refractivity contribution in [2.45, 2.75) is 39.3 Å². The Balaban J connectivity index is 2.16. The minimum absolute atomic E-state index is 0.508. The van der Waals surface area contributed by atoms with E-state index in [4.69, 9.17) is 0 Å². The molecule has 0 bridgehead atoms. The second-order valence-electron chi connectivity index (χ2n) is 4.76. The molecule has 1 aromatic carbocycles. The van der Waals surface area contributed by atoms with E-state index in [0.717, 1.165) is 34.4 Å². The first-order chi connectivity index (χ1) is 9.11. The van der Waals surface area contributed by atoms with Gasteiger partial charge in [0.15, 0.2) is 0 Å². The first kappa shape index (κ1) is 14.3. The van der Waals surface area contributed by atoms with Gasteiger partial charge in [-0.1, -0.05) is 28.9 Å². The van der Waals surface area contributed by atoms with Crippen molar-refractivity contribution < 1.29 is 5.11 Å². The minimum Gasteiger partial charge on any atom is -0.388 e. The van der Waals surface area contributed by atoms with E-state index in [1.165, 1.54) is 0 Å². The monoisotopic (exact) mass is 322 g/mol. The number of nitrogens with zero attached hydrogens (tertiary/aromatic N) is 2. The van der Waals surface area contributed by atoms with E-state index >= 15 is 0 Å². The van der Waals surface area contributed by atoms with Crippen molar-refractivity contribution in [3.8, 4) is 0 Å². The second kappa shape index (κ2) is 6.35. The van der Waals surface area contributed by atoms with Crippen molar-refractivity contribution in [2.75, 3.05) is 0 Å². The number of rotatable bonds is 5. The number of aromatic nitrogens is 2. The molecular weight excluding hydrogens is 304 g/mol. The Kier molecular flexibility index (Phi) is 4.77. The Labute approximate surface area is 122 Å². The van der Waals surface area contributed by atoms with Crippen LogP contribution in [-0.2, 0) is 13.0 Å². The SMILES string of the molecule is CCCn1ccnc1CC(O)c1ccc(Br)cc1C. The molecule has 1 aromatic heterocycles. The van der Waals surface area contributed by atoms with E-state index in [-0.39, 0.29) is 0 Å². The second-order valence-corrected chi connectivity index (χ2v) is 5.67. The molecule has 19 heavy (non-hydrogen) atoms. The van der Waals surface area contributed by atoms with Gasteiger partial charge in [-0.2, -0.15) is 0 Å². The van der Waals surface area contributed by atoms with Crippen LogP contribution in [0.1, 0.15) is 36.4 Å². The van der Waals surface area contributed by atoms with Gasteiger partial charge in [0, 0.05) is 29.8 Å². The zero-order valence-electron chi connectivity index (χ0n) is 11.3. The van der Waals surface area contributed by atoms with Crippen molar-refractivity contribution in [3.63, 3.8) is 0 Å². The fourth-order valence-electron chi connectivity index (χ4n) is 2.27. The van der Waals surface area contributed by atoms with Crippen molar-refractivity contribution in [2.24, 2.45) is 0 Å². The molecule has 0 aliphatic rings. The van der Waals surface area contributed by atoms with Crippen molar-refractivity contribution in [1.82, 2.24) is 9.55 Å². The maximum atomic E-state index is 10.4. The van der Waals surface area contributed by atoms with Gasteiger partial charge in [0.1, 0.15) is 5.82 Å². The lowest BCUT2D eigenvalue weighted by Gasteiger charge is -2.15. The highest BCUT2D eigenvalue weighted by molar-refractivity contribution is 9.10. The molecule has 4 heteroatoms. The summed E-state index contributed by atoms with van der Waals surface area (Å²) in [6, 6.07) is 5.96. The van der Waals surface area contributed by atoms with Gasteiger partial charge in [0.25, 0.3) is 0 Å². The van der Waals surface area contributed by atoms with Gasteiger partial charge in [-0.15, -0.1) is 0 Å². The summed E-state index contributed by atoms with van der Waals surface area (Å²) in [5.41, 5.74) is 2.06. The number of aryl methyl sites for hydroxylation is 2. The quantitative estimate of drug-likeness (QED) is 0.912. The maximum absolute atomic E-state index is 10.4. The van der Waals surface area contributed by atoms with Crippen LogP contribution in [0, 0.1) is 6.92 Å². The number of imidazole rings is 1. The van der Waals surface area contributed by atoms with Crippen LogP contribution in [0.2, 0.25) is 0 Å². The largest absolute Gasteiger partial charge is 0.388 e. The fourth-order valence-corrected chi connectivity index (χ4v) is 2.75. The molecule has 2 aromatic rings. The predicted molar refractivity (Wildman–Crippen MR) is 80.1 cm³/mol. The van der Waals surface area contributed by atoms with E-state index < -0.39 is 6.10 Å². The standard InChI is InChI=1S/C15H19BrN2O/c1-3-7-18-8-6-17-15(18)10-14(19)13-5-4-12(16)9-11(13)2/h4-6,8-9,14,19H,3,7,10H2,1-2H3. The minimum atomic E-state index is -0.508. The summed E-state index contributed by atoms with van der Waals surface area (Å²) in [6.45, 7) is 5.10. The third kappa shape index (κ3) is 3.45. The summed E-state index contributed by atoms with van der Waals surface area (Å²) < 4.78 is 3.14. The zero-order valence-corrected chi connectivity index (χ0v) is 12.9. The van der Waals surface area contributed by atoms with Crippen LogP contribution in [0.25, 0.3) is 0 Å². The first-order valence-corrected chi connectivity index (χ1v) is 7.35. The highest BCUT2D eigenvalue weighted by atomic mass is 79.9. The molecule has 0 aliphatic carbocycles. The van der Waals surface area contributed by atoms with Crippen LogP contribution < -0.4 is 0 Å². The normalized spacial score (nSPS) is 12.6. The third-order valence-corrected chi connectivity index (χ3v) is 3.73. The fraction of sp³-hybridized carbons (Fsp3) is 0.400. The van der Waals surface area contributed by atoms with Crippen molar-refractivity contribution in [3.05, 3.63) is 52.0 Å². The summed E-state index contributed by atoms with van der Waals surface area (Å²) in [5.74, 6) is 0.941. The van der Waals surface area contributed by atoms with Crippen LogP contribution >= 0.6 is 15.9 Å². The Hall–Kier alpha value is -1.13. The topological polar surface area (TPSA) is 38.0 Å². The average Bonchev–Trinajstić information content (AvgIpc) is 2.77. The molecule has 2 rings (SSSR count). The number of hydrogen-bond acceptors (Lipinski definition) is 2. The Morgan fingerprint density at radius 2 is 2.21 bits per heavy atom. The third-order valence-electron chi connectivity index (χ3n) is 3.23. The van der Waals surface area contributed by atoms with Gasteiger partial charge in [0.2, 0.25) is 0 Å². The molecule has 0 aliphatic heterocycles. The van der Waals surface area contributed by atoms with E-state index in [1.54, 1.807) is 6.20 Å². The van der Waals surface area contributed by atoms with Gasteiger partial charge in [-0.3, -0.25) is 0 Å². The van der Waals surface area contributed by atoms with Gasteiger partial charge in [-0.25, -0.2) is 4.98 Å². The molecule has 1 atom stereocenters. The predicted octanol–water partition coefficient (Wildman–Crippen LogP) is 3.64. The molecular formula is C15H19BrN2O. The number of hydrogen-bond donors (Lipinski definition) is 1. The number of aliphatic hydroxyl groups is 1. The van der Waals surface area contributed by atoms with E-state index in [0.29, 0.717) is 6.42 Å². The summed E-state index contributed by atoms with van der Waals surface area (Å²) in [7, 11) is 0. The summed E-state index contributed by atoms with van der Waals surface area (Å²) >= 11 is 3.44. The lowest BCUT2D eigenvalue weighted by molar-refractivity contribution is 0.173. The smallest absolute Gasteiger partial charge is 0.111 e. The van der Waals surface area contributed by atoms with Crippen molar-refractivity contribution >= 4 is 15.9 Å². The van der Waals surface area contributed by atoms with Crippen LogP contribution in [0.4, 0.5) is 0 Å². The van der Waals surface area contributed by atoms with Gasteiger partial charge >= 0.3 is 0 Å². The molecule has 0 radical (unpaired) electrons. The van der Waals surface area contributed by atoms with Crippen LogP contribution in [-0.4, -0.2) is 14.7 Å². The first-order valence-electron chi connectivity index (χ1n) is 6.56. The van der Waals surface area contributed by atoms with Crippen LogP contribution in [0.5, 0.6) is 0 Å². The molecule has 1 unspecified atom stereocenters. The van der Waals surface area contributed by atoms with Gasteiger partial charge in [0.05, 0.1) is 6.10 Å². The number of halogens is 1. The number of aliphatic hydroxyl groups excluding tert-OH is 1. The average molecular weight is 323 g/mol. The molecule has 1 N–H and O–H groups in total. The Morgan fingerprint density at radius 1 is 1.42 bits per heavy atom. The van der Waals surface area contributed by atoms with Crippen LogP contribution in [0.3, 0.4) is 0 Å². The highest BCUT2D eigenvalue weighted by Crippen LogP contribution is 2.24. The Morgan fingerprint density at radius 3 is 2.89 bits per heavy atom. The highest BCUT2D eigenvalue weighted by Gasteiger charge is 2.14.